The van der Waals surface area contributed by atoms with Crippen molar-refractivity contribution in [2.24, 2.45) is 10.7 Å². The Labute approximate surface area is 179 Å². The van der Waals surface area contributed by atoms with Crippen molar-refractivity contribution in [3.63, 3.8) is 0 Å². The molecule has 0 radical (unpaired) electrons. The highest BCUT2D eigenvalue weighted by molar-refractivity contribution is 14.0. The van der Waals surface area contributed by atoms with Crippen molar-refractivity contribution in [3.8, 4) is 5.75 Å². The minimum Gasteiger partial charge on any atom is -0.495 e. The SMILES string of the molecule is COc1ccccc1NC(N)=NCCNC(=O)c1ccc(Cl)c(Cl)c1.I. The number of para-hydroxylation sites is 2. The average Bonchev–Trinajstić information content (AvgIpc) is 2.61. The number of halogens is 3. The Kier molecular flexibility index (Phi) is 9.53. The monoisotopic (exact) mass is 508 g/mol. The van der Waals surface area contributed by atoms with Gasteiger partial charge in [-0.25, -0.2) is 0 Å². The third-order valence-electron chi connectivity index (χ3n) is 3.23. The summed E-state index contributed by atoms with van der Waals surface area (Å²) < 4.78 is 5.22. The molecule has 0 saturated heterocycles. The number of rotatable bonds is 6. The predicted octanol–water partition coefficient (Wildman–Crippen LogP) is 3.78. The minimum absolute atomic E-state index is 0. The van der Waals surface area contributed by atoms with Gasteiger partial charge in [0, 0.05) is 12.1 Å². The van der Waals surface area contributed by atoms with E-state index < -0.39 is 0 Å². The Morgan fingerprint density at radius 3 is 2.62 bits per heavy atom. The molecule has 0 fully saturated rings. The van der Waals surface area contributed by atoms with E-state index in [1.54, 1.807) is 19.2 Å². The van der Waals surface area contributed by atoms with Crippen LogP contribution < -0.4 is 21.1 Å². The van der Waals surface area contributed by atoms with Gasteiger partial charge in [0.25, 0.3) is 5.91 Å². The number of guanidine groups is 1. The highest BCUT2D eigenvalue weighted by atomic mass is 127. The van der Waals surface area contributed by atoms with Gasteiger partial charge in [0.1, 0.15) is 5.75 Å². The number of nitrogens with two attached hydrogens (primary N) is 1. The van der Waals surface area contributed by atoms with E-state index in [0.717, 1.165) is 0 Å². The topological polar surface area (TPSA) is 88.7 Å². The van der Waals surface area contributed by atoms with Gasteiger partial charge in [-0.2, -0.15) is 0 Å². The maximum atomic E-state index is 12.0. The summed E-state index contributed by atoms with van der Waals surface area (Å²) in [6, 6.07) is 12.0. The van der Waals surface area contributed by atoms with Gasteiger partial charge in [0.2, 0.25) is 0 Å². The first-order chi connectivity index (χ1) is 12.0. The van der Waals surface area contributed by atoms with Gasteiger partial charge in [-0.3, -0.25) is 9.79 Å². The Morgan fingerprint density at radius 2 is 1.92 bits per heavy atom. The summed E-state index contributed by atoms with van der Waals surface area (Å²) in [5.74, 6) is 0.631. The van der Waals surface area contributed by atoms with Crippen LogP contribution in [0.4, 0.5) is 5.69 Å². The fourth-order valence-corrected chi connectivity index (χ4v) is 2.31. The molecular formula is C17H19Cl2IN4O2. The molecule has 0 aromatic heterocycles. The summed E-state index contributed by atoms with van der Waals surface area (Å²) in [4.78, 5) is 16.2. The van der Waals surface area contributed by atoms with Gasteiger partial charge in [0.05, 0.1) is 29.4 Å². The molecule has 0 unspecified atom stereocenters. The number of carbonyl (C=O) groups excluding carboxylic acids is 1. The molecule has 0 spiro atoms. The van der Waals surface area contributed by atoms with Crippen molar-refractivity contribution in [2.75, 3.05) is 25.5 Å². The van der Waals surface area contributed by atoms with E-state index in [9.17, 15) is 4.79 Å². The molecule has 4 N–H and O–H groups in total. The van der Waals surface area contributed by atoms with Gasteiger partial charge in [-0.15, -0.1) is 24.0 Å². The van der Waals surface area contributed by atoms with Crippen LogP contribution in [-0.4, -0.2) is 32.1 Å². The zero-order valence-electron chi connectivity index (χ0n) is 14.0. The first kappa shape index (κ1) is 22.3. The molecule has 9 heteroatoms. The number of nitrogens with zero attached hydrogens (tertiary/aromatic N) is 1. The second kappa shape index (κ2) is 11.1. The summed E-state index contributed by atoms with van der Waals surface area (Å²) in [6.07, 6.45) is 0. The first-order valence-corrected chi connectivity index (χ1v) is 8.20. The normalized spacial score (nSPS) is 10.7. The number of anilines is 1. The lowest BCUT2D eigenvalue weighted by Gasteiger charge is -2.10. The quantitative estimate of drug-likeness (QED) is 0.240. The lowest BCUT2D eigenvalue weighted by Crippen LogP contribution is -2.28. The summed E-state index contributed by atoms with van der Waals surface area (Å²) in [5.41, 5.74) is 6.98. The molecule has 26 heavy (non-hydrogen) atoms. The van der Waals surface area contributed by atoms with Crippen LogP contribution in [0.3, 0.4) is 0 Å². The molecular weight excluding hydrogens is 490 g/mol. The Morgan fingerprint density at radius 1 is 1.19 bits per heavy atom. The number of aliphatic imine (C=N–C) groups is 1. The van der Waals surface area contributed by atoms with Gasteiger partial charge in [-0.05, 0) is 30.3 Å². The van der Waals surface area contributed by atoms with Crippen LogP contribution in [0.25, 0.3) is 0 Å². The molecule has 140 valence electrons. The van der Waals surface area contributed by atoms with Crippen molar-refractivity contribution in [3.05, 3.63) is 58.1 Å². The van der Waals surface area contributed by atoms with E-state index in [4.69, 9.17) is 33.7 Å². The van der Waals surface area contributed by atoms with E-state index in [0.29, 0.717) is 40.1 Å². The average molecular weight is 509 g/mol. The molecule has 0 aliphatic carbocycles. The van der Waals surface area contributed by atoms with Crippen LogP contribution >= 0.6 is 47.2 Å². The van der Waals surface area contributed by atoms with Crippen LogP contribution in [0.15, 0.2) is 47.5 Å². The molecule has 1 amide bonds. The lowest BCUT2D eigenvalue weighted by molar-refractivity contribution is 0.0955. The summed E-state index contributed by atoms with van der Waals surface area (Å²) in [7, 11) is 1.58. The fraction of sp³-hybridized carbons (Fsp3) is 0.176. The molecule has 2 aromatic rings. The largest absolute Gasteiger partial charge is 0.495 e. The Balaban J connectivity index is 0.00000338. The Hall–Kier alpha value is -1.71. The summed E-state index contributed by atoms with van der Waals surface area (Å²) in [5, 5.41) is 6.42. The van der Waals surface area contributed by atoms with Crippen LogP contribution in [-0.2, 0) is 0 Å². The van der Waals surface area contributed by atoms with Crippen molar-refractivity contribution in [1.82, 2.24) is 5.32 Å². The summed E-state index contributed by atoms with van der Waals surface area (Å²) >= 11 is 11.7. The van der Waals surface area contributed by atoms with Crippen LogP contribution in [0, 0.1) is 0 Å². The smallest absolute Gasteiger partial charge is 0.251 e. The molecule has 6 nitrogen and oxygen atoms in total. The maximum absolute atomic E-state index is 12.0. The van der Waals surface area contributed by atoms with Crippen molar-refractivity contribution in [2.45, 2.75) is 0 Å². The third kappa shape index (κ3) is 6.54. The lowest BCUT2D eigenvalue weighted by atomic mass is 10.2. The highest BCUT2D eigenvalue weighted by Crippen LogP contribution is 2.23. The van der Waals surface area contributed by atoms with Crippen LogP contribution in [0.1, 0.15) is 10.4 Å². The maximum Gasteiger partial charge on any atom is 0.251 e. The third-order valence-corrected chi connectivity index (χ3v) is 3.97. The summed E-state index contributed by atoms with van der Waals surface area (Å²) in [6.45, 7) is 0.647. The first-order valence-electron chi connectivity index (χ1n) is 7.44. The molecule has 0 bridgehead atoms. The van der Waals surface area contributed by atoms with Crippen molar-refractivity contribution < 1.29 is 9.53 Å². The number of nitrogens with one attached hydrogen (secondary N) is 2. The van der Waals surface area contributed by atoms with Crippen molar-refractivity contribution in [1.29, 1.82) is 0 Å². The molecule has 0 aliphatic rings. The van der Waals surface area contributed by atoms with E-state index >= 15 is 0 Å². The number of amides is 1. The fourth-order valence-electron chi connectivity index (χ4n) is 2.01. The van der Waals surface area contributed by atoms with E-state index in [1.165, 1.54) is 6.07 Å². The number of carbonyl (C=O) groups is 1. The van der Waals surface area contributed by atoms with E-state index in [-0.39, 0.29) is 35.8 Å². The van der Waals surface area contributed by atoms with Gasteiger partial charge < -0.3 is 21.1 Å². The molecule has 0 aliphatic heterocycles. The van der Waals surface area contributed by atoms with Crippen molar-refractivity contribution >= 4 is 64.7 Å². The number of methoxy groups -OCH3 is 1. The number of hydrogen-bond acceptors (Lipinski definition) is 3. The second-order valence-corrected chi connectivity index (χ2v) is 5.79. The van der Waals surface area contributed by atoms with E-state index in [2.05, 4.69) is 15.6 Å². The van der Waals surface area contributed by atoms with Crippen LogP contribution in [0.5, 0.6) is 5.75 Å². The second-order valence-electron chi connectivity index (χ2n) is 4.98. The number of ether oxygens (including phenoxy) is 1. The van der Waals surface area contributed by atoms with Crippen LogP contribution in [0.2, 0.25) is 10.0 Å². The standard InChI is InChI=1S/C17H18Cl2N4O2.HI/c1-25-15-5-3-2-4-14(15)23-17(20)22-9-8-21-16(24)11-6-7-12(18)13(19)10-11;/h2-7,10H,8-9H2,1H3,(H,21,24)(H3,20,22,23);1H. The van der Waals surface area contributed by atoms with Gasteiger partial charge in [0.15, 0.2) is 5.96 Å². The van der Waals surface area contributed by atoms with Gasteiger partial charge in [-0.1, -0.05) is 35.3 Å². The van der Waals surface area contributed by atoms with Gasteiger partial charge >= 0.3 is 0 Å². The molecule has 2 rings (SSSR count). The number of benzene rings is 2. The Bertz CT molecular complexity index is 787. The highest BCUT2D eigenvalue weighted by Gasteiger charge is 2.07. The molecule has 0 saturated carbocycles. The molecule has 0 atom stereocenters. The zero-order chi connectivity index (χ0) is 18.2. The van der Waals surface area contributed by atoms with E-state index in [1.807, 2.05) is 24.3 Å². The predicted molar refractivity (Wildman–Crippen MR) is 117 cm³/mol. The zero-order valence-corrected chi connectivity index (χ0v) is 17.8. The molecule has 0 heterocycles. The number of hydrogen-bond donors (Lipinski definition) is 3. The minimum atomic E-state index is -0.259. The molecule has 2 aromatic carbocycles.